The van der Waals surface area contributed by atoms with Crippen LogP contribution in [0.25, 0.3) is 33.6 Å². The van der Waals surface area contributed by atoms with E-state index in [1.165, 1.54) is 0 Å². The first-order valence-corrected chi connectivity index (χ1v) is 18.0. The van der Waals surface area contributed by atoms with Gasteiger partial charge in [-0.25, -0.2) is 9.97 Å². The molecule has 0 aliphatic rings. The van der Waals surface area contributed by atoms with Crippen molar-refractivity contribution in [2.45, 2.75) is 90.7 Å². The summed E-state index contributed by atoms with van der Waals surface area (Å²) in [6.45, 7) is 20.9. The molecular weight excluding hydrogens is 601 g/mol. The SMILES string of the molecule is CC(C)C(CN[S+]([O-])C(C)(C)C)c1ncc(-c2ccc(-c3ccc(-c4cnc(C(N[S+]([O-])C(C)(C)C)C(C)C)[nH]4)cc3)cc2)[nH]1. The van der Waals surface area contributed by atoms with Crippen LogP contribution >= 0.6 is 0 Å². The molecule has 0 radical (unpaired) electrons. The molecule has 0 aliphatic heterocycles. The third-order valence-corrected chi connectivity index (χ3v) is 10.9. The third-order valence-electron chi connectivity index (χ3n) is 7.81. The first kappa shape index (κ1) is 35.3. The predicted molar refractivity (Wildman–Crippen MR) is 189 cm³/mol. The van der Waals surface area contributed by atoms with Crippen LogP contribution in [0.15, 0.2) is 60.9 Å². The Kier molecular flexibility index (Phi) is 11.3. The van der Waals surface area contributed by atoms with Crippen LogP contribution in [0.3, 0.4) is 0 Å². The Morgan fingerprint density at radius 2 is 1.07 bits per heavy atom. The molecule has 2 heterocycles. The number of aromatic amines is 2. The average Bonchev–Trinajstić information content (AvgIpc) is 3.65. The van der Waals surface area contributed by atoms with Gasteiger partial charge in [-0.3, -0.25) is 0 Å². The zero-order chi connectivity index (χ0) is 33.1. The molecule has 45 heavy (non-hydrogen) atoms. The lowest BCUT2D eigenvalue weighted by molar-refractivity contribution is 0.438. The van der Waals surface area contributed by atoms with Crippen molar-refractivity contribution in [2.24, 2.45) is 11.8 Å². The Balaban J connectivity index is 1.44. The minimum atomic E-state index is -1.20. The molecule has 2 aromatic heterocycles. The highest BCUT2D eigenvalue weighted by Gasteiger charge is 2.32. The Hall–Kier alpha value is -2.60. The Bertz CT molecular complexity index is 1500. The molecular formula is C35H50N6O2S2. The van der Waals surface area contributed by atoms with Crippen LogP contribution in [-0.4, -0.2) is 45.1 Å². The van der Waals surface area contributed by atoms with E-state index in [0.717, 1.165) is 45.3 Å². The van der Waals surface area contributed by atoms with E-state index >= 15 is 0 Å². The maximum atomic E-state index is 12.8. The summed E-state index contributed by atoms with van der Waals surface area (Å²) >= 11 is -2.33. The Morgan fingerprint density at radius 3 is 1.49 bits per heavy atom. The van der Waals surface area contributed by atoms with E-state index in [9.17, 15) is 9.11 Å². The van der Waals surface area contributed by atoms with Gasteiger partial charge in [0, 0.05) is 28.6 Å². The number of rotatable bonds is 12. The molecule has 4 N–H and O–H groups in total. The summed E-state index contributed by atoms with van der Waals surface area (Å²) in [4.78, 5) is 16.3. The van der Waals surface area contributed by atoms with Gasteiger partial charge in [0.05, 0.1) is 30.3 Å². The highest BCUT2D eigenvalue weighted by molar-refractivity contribution is 7.91. The maximum Gasteiger partial charge on any atom is 0.136 e. The van der Waals surface area contributed by atoms with Crippen LogP contribution < -0.4 is 9.44 Å². The van der Waals surface area contributed by atoms with Crippen LogP contribution in [0.1, 0.15) is 92.8 Å². The zero-order valence-electron chi connectivity index (χ0n) is 28.3. The second-order valence-electron chi connectivity index (χ2n) is 14.3. The van der Waals surface area contributed by atoms with Gasteiger partial charge in [0.15, 0.2) is 0 Å². The number of nitrogens with zero attached hydrogens (tertiary/aromatic N) is 2. The fraction of sp³-hybridized carbons (Fsp3) is 0.486. The lowest BCUT2D eigenvalue weighted by atomic mass is 9.95. The monoisotopic (exact) mass is 650 g/mol. The summed E-state index contributed by atoms with van der Waals surface area (Å²) < 4.78 is 31.1. The summed E-state index contributed by atoms with van der Waals surface area (Å²) in [6, 6.07) is 16.8. The minimum absolute atomic E-state index is 0.119. The summed E-state index contributed by atoms with van der Waals surface area (Å²) in [7, 11) is 0. The van der Waals surface area contributed by atoms with E-state index in [4.69, 9.17) is 4.98 Å². The summed E-state index contributed by atoms with van der Waals surface area (Å²) in [5.74, 6) is 2.36. The second kappa shape index (κ2) is 14.4. The highest BCUT2D eigenvalue weighted by atomic mass is 32.2. The van der Waals surface area contributed by atoms with Crippen LogP contribution in [0.5, 0.6) is 0 Å². The Labute approximate surface area is 275 Å². The second-order valence-corrected chi connectivity index (χ2v) is 18.4. The molecule has 0 saturated heterocycles. The topological polar surface area (TPSA) is 128 Å². The first-order valence-electron chi connectivity index (χ1n) is 15.7. The Morgan fingerprint density at radius 1 is 0.644 bits per heavy atom. The van der Waals surface area contributed by atoms with E-state index in [0.29, 0.717) is 12.5 Å². The molecule has 0 spiro atoms. The van der Waals surface area contributed by atoms with Crippen LogP contribution in [0.2, 0.25) is 0 Å². The van der Waals surface area contributed by atoms with Gasteiger partial charge in [0.25, 0.3) is 0 Å². The molecule has 4 atom stereocenters. The molecule has 8 nitrogen and oxygen atoms in total. The molecule has 244 valence electrons. The molecule has 4 rings (SSSR count). The molecule has 0 fully saturated rings. The molecule has 4 unspecified atom stereocenters. The van der Waals surface area contributed by atoms with Gasteiger partial charge in [0.1, 0.15) is 27.2 Å². The zero-order valence-corrected chi connectivity index (χ0v) is 30.0. The van der Waals surface area contributed by atoms with Gasteiger partial charge in [-0.15, -0.1) is 9.44 Å². The minimum Gasteiger partial charge on any atom is -0.598 e. The van der Waals surface area contributed by atoms with Gasteiger partial charge >= 0.3 is 0 Å². The normalized spacial score (nSPS) is 15.4. The molecule has 0 aliphatic carbocycles. The van der Waals surface area contributed by atoms with E-state index < -0.39 is 22.7 Å². The molecule has 0 saturated carbocycles. The number of benzene rings is 2. The fourth-order valence-corrected chi connectivity index (χ4v) is 6.56. The van der Waals surface area contributed by atoms with Crippen molar-refractivity contribution in [3.05, 3.63) is 72.6 Å². The number of nitrogens with one attached hydrogen (secondary N) is 4. The number of hydrogen-bond acceptors (Lipinski definition) is 6. The van der Waals surface area contributed by atoms with E-state index in [2.05, 4.69) is 101 Å². The number of hydrogen-bond donors (Lipinski definition) is 4. The van der Waals surface area contributed by atoms with Crippen molar-refractivity contribution in [3.8, 4) is 33.6 Å². The maximum absolute atomic E-state index is 12.8. The van der Waals surface area contributed by atoms with Crippen LogP contribution in [0.4, 0.5) is 0 Å². The molecule has 4 aromatic rings. The summed E-state index contributed by atoms with van der Waals surface area (Å²) in [5.41, 5.74) is 6.24. The van der Waals surface area contributed by atoms with Crippen molar-refractivity contribution in [3.63, 3.8) is 0 Å². The lowest BCUT2D eigenvalue weighted by Crippen LogP contribution is -2.43. The molecule has 10 heteroatoms. The lowest BCUT2D eigenvalue weighted by Gasteiger charge is -2.28. The van der Waals surface area contributed by atoms with Crippen molar-refractivity contribution in [1.29, 1.82) is 0 Å². The van der Waals surface area contributed by atoms with Gasteiger partial charge < -0.3 is 19.1 Å². The van der Waals surface area contributed by atoms with E-state index in [1.807, 2.05) is 53.9 Å². The number of H-pyrrole nitrogens is 2. The average molecular weight is 651 g/mol. The van der Waals surface area contributed by atoms with Crippen molar-refractivity contribution in [1.82, 2.24) is 29.4 Å². The first-order chi connectivity index (χ1) is 21.0. The predicted octanol–water partition coefficient (Wildman–Crippen LogP) is 7.67. The van der Waals surface area contributed by atoms with Gasteiger partial charge in [-0.2, -0.15) is 0 Å². The van der Waals surface area contributed by atoms with Gasteiger partial charge in [-0.05, 0) is 75.6 Å². The van der Waals surface area contributed by atoms with Gasteiger partial charge in [0.2, 0.25) is 0 Å². The van der Waals surface area contributed by atoms with E-state index in [-0.39, 0.29) is 27.4 Å². The molecule has 0 amide bonds. The van der Waals surface area contributed by atoms with E-state index in [1.54, 1.807) is 0 Å². The fourth-order valence-electron chi connectivity index (χ4n) is 4.83. The van der Waals surface area contributed by atoms with Crippen LogP contribution in [0, 0.1) is 11.8 Å². The number of imidazole rings is 2. The highest BCUT2D eigenvalue weighted by Crippen LogP contribution is 2.30. The largest absolute Gasteiger partial charge is 0.598 e. The van der Waals surface area contributed by atoms with Crippen molar-refractivity contribution < 1.29 is 9.11 Å². The standard InChI is InChI=1S/C35H50N6O2S2/c1-22(2)28(19-38-44(42)34(5,6)7)32-36-20-29(39-32)26-15-11-24(12-16-26)25-13-17-27(18-14-25)30-21-37-33(40-30)31(23(3)4)41-45(43)35(8,9)10/h11-18,20-23,28,31,38,41H,19H2,1-10H3,(H,36,39)(H,37,40). The van der Waals surface area contributed by atoms with Gasteiger partial charge in [-0.1, -0.05) is 76.2 Å². The quantitative estimate of drug-likeness (QED) is 0.117. The molecule has 0 bridgehead atoms. The summed E-state index contributed by atoms with van der Waals surface area (Å²) in [6.07, 6.45) is 3.73. The van der Waals surface area contributed by atoms with Crippen molar-refractivity contribution in [2.75, 3.05) is 6.54 Å². The smallest absolute Gasteiger partial charge is 0.136 e. The van der Waals surface area contributed by atoms with Crippen molar-refractivity contribution >= 4 is 22.7 Å². The number of aromatic nitrogens is 4. The third kappa shape index (κ3) is 9.02. The van der Waals surface area contributed by atoms with Crippen LogP contribution in [-0.2, 0) is 22.7 Å². The molecule has 2 aromatic carbocycles. The summed E-state index contributed by atoms with van der Waals surface area (Å²) in [5, 5.41) is 0.